The molecule has 1 aliphatic carbocycles. The summed E-state index contributed by atoms with van der Waals surface area (Å²) in [5, 5.41) is 3.58. The van der Waals surface area contributed by atoms with Crippen molar-refractivity contribution in [1.82, 2.24) is 5.32 Å². The lowest BCUT2D eigenvalue weighted by Crippen LogP contribution is -2.38. The van der Waals surface area contributed by atoms with E-state index in [1.54, 1.807) is 7.11 Å². The summed E-state index contributed by atoms with van der Waals surface area (Å²) in [4.78, 5) is 0. The summed E-state index contributed by atoms with van der Waals surface area (Å²) in [5.74, 6) is 1.47. The fraction of sp³-hybridized carbons (Fsp3) is 1.00. The van der Waals surface area contributed by atoms with Gasteiger partial charge in [-0.25, -0.2) is 0 Å². The van der Waals surface area contributed by atoms with Crippen LogP contribution in [-0.2, 0) is 15.5 Å². The summed E-state index contributed by atoms with van der Waals surface area (Å²) in [5.41, 5.74) is 0. The number of hydrogen-bond donors (Lipinski definition) is 1. The van der Waals surface area contributed by atoms with Gasteiger partial charge in [-0.2, -0.15) is 0 Å². The van der Waals surface area contributed by atoms with E-state index >= 15 is 0 Å². The first-order valence-electron chi connectivity index (χ1n) is 6.20. The third kappa shape index (κ3) is 4.52. The number of ether oxygens (including phenoxy) is 1. The Balaban J connectivity index is 2.37. The summed E-state index contributed by atoms with van der Waals surface area (Å²) in [7, 11) is 2.90. The molecule has 0 aromatic heterocycles. The molecule has 0 bridgehead atoms. The molecular formula is C12H25NO2S. The van der Waals surface area contributed by atoms with Crippen molar-refractivity contribution in [3.8, 4) is 0 Å². The highest BCUT2D eigenvalue weighted by Gasteiger charge is 2.25. The van der Waals surface area contributed by atoms with Gasteiger partial charge in [0.15, 0.2) is 0 Å². The molecule has 0 spiro atoms. The van der Waals surface area contributed by atoms with Crippen LogP contribution in [0.2, 0.25) is 0 Å². The average molecular weight is 247 g/mol. The number of rotatable bonds is 6. The van der Waals surface area contributed by atoms with Gasteiger partial charge in [-0.1, -0.05) is 19.8 Å². The van der Waals surface area contributed by atoms with Crippen LogP contribution in [0.15, 0.2) is 0 Å². The van der Waals surface area contributed by atoms with Crippen molar-refractivity contribution in [2.24, 2.45) is 5.92 Å². The van der Waals surface area contributed by atoms with E-state index in [4.69, 9.17) is 4.74 Å². The third-order valence-corrected chi connectivity index (χ3v) is 5.30. The first-order valence-corrected chi connectivity index (χ1v) is 7.59. The van der Waals surface area contributed by atoms with Gasteiger partial charge in [-0.05, 0) is 25.8 Å². The first kappa shape index (κ1) is 14.1. The Hall–Kier alpha value is 0.0700. The molecule has 1 rings (SSSR count). The zero-order valence-corrected chi connectivity index (χ0v) is 11.5. The molecule has 16 heavy (non-hydrogen) atoms. The molecule has 3 nitrogen and oxygen atoms in total. The number of hydrogen-bond acceptors (Lipinski definition) is 3. The van der Waals surface area contributed by atoms with Gasteiger partial charge in [0.05, 0.1) is 6.61 Å². The molecule has 1 N–H and O–H groups in total. The summed E-state index contributed by atoms with van der Waals surface area (Å²) in [6.45, 7) is 2.92. The predicted octanol–water partition coefficient (Wildman–Crippen LogP) is 1.55. The lowest BCUT2D eigenvalue weighted by atomic mass is 9.91. The van der Waals surface area contributed by atoms with E-state index in [0.717, 1.165) is 24.5 Å². The van der Waals surface area contributed by atoms with Crippen LogP contribution in [0.4, 0.5) is 0 Å². The van der Waals surface area contributed by atoms with Gasteiger partial charge in [-0.15, -0.1) is 0 Å². The standard InChI is InChI=1S/C12H25NO2S/c1-10-5-4-6-12(7-10)16(14)9-11(13-2)8-15-3/h10-13H,4-9H2,1-3H3. The monoisotopic (exact) mass is 247 g/mol. The minimum Gasteiger partial charge on any atom is -0.383 e. The van der Waals surface area contributed by atoms with E-state index in [2.05, 4.69) is 12.2 Å². The van der Waals surface area contributed by atoms with Crippen molar-refractivity contribution in [2.75, 3.05) is 26.5 Å². The Bertz CT molecular complexity index is 223. The van der Waals surface area contributed by atoms with Crippen molar-refractivity contribution in [1.29, 1.82) is 0 Å². The van der Waals surface area contributed by atoms with Gasteiger partial charge < -0.3 is 10.1 Å². The Morgan fingerprint density at radius 3 is 2.81 bits per heavy atom. The average Bonchev–Trinajstić information content (AvgIpc) is 2.28. The smallest absolute Gasteiger partial charge is 0.0624 e. The summed E-state index contributed by atoms with van der Waals surface area (Å²) in [6, 6.07) is 0.225. The lowest BCUT2D eigenvalue weighted by Gasteiger charge is -2.27. The molecule has 4 unspecified atom stereocenters. The van der Waals surface area contributed by atoms with Crippen molar-refractivity contribution in [2.45, 2.75) is 43.9 Å². The molecular weight excluding hydrogens is 222 g/mol. The van der Waals surface area contributed by atoms with Crippen molar-refractivity contribution in [3.05, 3.63) is 0 Å². The van der Waals surface area contributed by atoms with E-state index in [1.165, 1.54) is 12.8 Å². The Morgan fingerprint density at radius 2 is 2.25 bits per heavy atom. The molecule has 0 aliphatic heterocycles. The fourth-order valence-corrected chi connectivity index (χ4v) is 4.27. The maximum atomic E-state index is 12.2. The minimum absolute atomic E-state index is 0.225. The van der Waals surface area contributed by atoms with Gasteiger partial charge in [0, 0.05) is 35.0 Å². The number of likely N-dealkylation sites (N-methyl/N-ethyl adjacent to an activating group) is 1. The van der Waals surface area contributed by atoms with Crippen molar-refractivity contribution in [3.63, 3.8) is 0 Å². The van der Waals surface area contributed by atoms with Gasteiger partial charge >= 0.3 is 0 Å². The summed E-state index contributed by atoms with van der Waals surface area (Å²) in [6.07, 6.45) is 4.82. The zero-order chi connectivity index (χ0) is 12.0. The van der Waals surface area contributed by atoms with Crippen molar-refractivity contribution < 1.29 is 8.95 Å². The Kier molecular flexibility index (Phi) is 6.54. The normalized spacial score (nSPS) is 29.9. The van der Waals surface area contributed by atoms with Gasteiger partial charge in [0.2, 0.25) is 0 Å². The van der Waals surface area contributed by atoms with E-state index in [1.807, 2.05) is 7.05 Å². The molecule has 96 valence electrons. The molecule has 1 fully saturated rings. The highest BCUT2D eigenvalue weighted by atomic mass is 32.2. The van der Waals surface area contributed by atoms with Crippen molar-refractivity contribution >= 4 is 10.8 Å². The van der Waals surface area contributed by atoms with E-state index in [9.17, 15) is 4.21 Å². The molecule has 0 aromatic rings. The second-order valence-corrected chi connectivity index (χ2v) is 6.64. The number of methoxy groups -OCH3 is 1. The quantitative estimate of drug-likeness (QED) is 0.774. The molecule has 4 atom stereocenters. The van der Waals surface area contributed by atoms with E-state index < -0.39 is 10.8 Å². The van der Waals surface area contributed by atoms with Gasteiger partial charge in [0.1, 0.15) is 0 Å². The maximum absolute atomic E-state index is 12.2. The van der Waals surface area contributed by atoms with Crippen LogP contribution >= 0.6 is 0 Å². The molecule has 0 saturated heterocycles. The predicted molar refractivity (Wildman–Crippen MR) is 69.2 cm³/mol. The molecule has 0 heterocycles. The molecule has 0 amide bonds. The minimum atomic E-state index is -0.701. The summed E-state index contributed by atoms with van der Waals surface area (Å²) >= 11 is 0. The van der Waals surface area contributed by atoms with Crippen LogP contribution in [0.25, 0.3) is 0 Å². The molecule has 1 aliphatic rings. The first-order chi connectivity index (χ1) is 7.67. The maximum Gasteiger partial charge on any atom is 0.0624 e. The largest absolute Gasteiger partial charge is 0.383 e. The molecule has 1 saturated carbocycles. The Labute approximate surface area is 102 Å². The topological polar surface area (TPSA) is 38.3 Å². The van der Waals surface area contributed by atoms with Crippen LogP contribution in [0.5, 0.6) is 0 Å². The fourth-order valence-electron chi connectivity index (χ4n) is 2.37. The third-order valence-electron chi connectivity index (χ3n) is 3.40. The van der Waals surface area contributed by atoms with Gasteiger partial charge in [0.25, 0.3) is 0 Å². The SMILES string of the molecule is CNC(COC)CS(=O)C1CCCC(C)C1. The second-order valence-electron chi connectivity index (χ2n) is 4.88. The van der Waals surface area contributed by atoms with E-state index in [0.29, 0.717) is 11.9 Å². The molecule has 0 radical (unpaired) electrons. The van der Waals surface area contributed by atoms with Crippen LogP contribution in [-0.4, -0.2) is 42.0 Å². The summed E-state index contributed by atoms with van der Waals surface area (Å²) < 4.78 is 17.3. The second kappa shape index (κ2) is 7.41. The van der Waals surface area contributed by atoms with Crippen LogP contribution in [0, 0.1) is 5.92 Å². The lowest BCUT2D eigenvalue weighted by molar-refractivity contribution is 0.176. The van der Waals surface area contributed by atoms with Gasteiger partial charge in [-0.3, -0.25) is 4.21 Å². The molecule has 0 aromatic carbocycles. The highest BCUT2D eigenvalue weighted by Crippen LogP contribution is 2.27. The van der Waals surface area contributed by atoms with Crippen LogP contribution in [0.1, 0.15) is 32.6 Å². The Morgan fingerprint density at radius 1 is 1.50 bits per heavy atom. The van der Waals surface area contributed by atoms with Crippen LogP contribution in [0.3, 0.4) is 0 Å². The van der Waals surface area contributed by atoms with Crippen LogP contribution < -0.4 is 5.32 Å². The molecule has 4 heteroatoms. The number of nitrogens with one attached hydrogen (secondary N) is 1. The van der Waals surface area contributed by atoms with E-state index in [-0.39, 0.29) is 6.04 Å². The zero-order valence-electron chi connectivity index (χ0n) is 10.7. The highest BCUT2D eigenvalue weighted by molar-refractivity contribution is 7.85.